The van der Waals surface area contributed by atoms with Crippen molar-refractivity contribution in [2.24, 2.45) is 0 Å². The first-order valence-electron chi connectivity index (χ1n) is 7.62. The highest BCUT2D eigenvalue weighted by Crippen LogP contribution is 2.31. The van der Waals surface area contributed by atoms with E-state index in [-0.39, 0.29) is 11.5 Å². The molecule has 0 radical (unpaired) electrons. The lowest BCUT2D eigenvalue weighted by Crippen LogP contribution is -2.46. The molecule has 1 aromatic heterocycles. The molecule has 0 aromatic carbocycles. The molecule has 1 saturated heterocycles. The number of likely N-dealkylation sites (tertiary alicyclic amines) is 1. The fraction of sp³-hybridized carbons (Fsp3) is 0.667. The number of aromatic nitrogens is 1. The summed E-state index contributed by atoms with van der Waals surface area (Å²) in [5.41, 5.74) is -4.57. The van der Waals surface area contributed by atoms with Crippen molar-refractivity contribution in [3.05, 3.63) is 23.9 Å². The molecule has 0 bridgehead atoms. The maximum Gasteiger partial charge on any atom is 0.534 e. The highest BCUT2D eigenvalue weighted by atomic mass is 32.2. The third-order valence-electron chi connectivity index (χ3n) is 4.08. The first-order valence-corrected chi connectivity index (χ1v) is 9.03. The zero-order chi connectivity index (χ0) is 18.2. The minimum absolute atomic E-state index is 0.0376. The van der Waals surface area contributed by atoms with Gasteiger partial charge in [-0.25, -0.2) is 4.98 Å². The van der Waals surface area contributed by atoms with Crippen LogP contribution in [0.5, 0.6) is 5.88 Å². The van der Waals surface area contributed by atoms with Crippen LogP contribution in [0, 0.1) is 0 Å². The molecular weight excluding hydrogens is 345 g/mol. The Balaban J connectivity index is 2.10. The average Bonchev–Trinajstić information content (AvgIpc) is 2.46. The molecule has 1 unspecified atom stereocenters. The Morgan fingerprint density at radius 3 is 2.42 bits per heavy atom. The molecule has 1 aliphatic rings. The molecule has 9 heteroatoms. The summed E-state index contributed by atoms with van der Waals surface area (Å²) < 4.78 is 62.8. The van der Waals surface area contributed by atoms with Crippen LogP contribution < -0.4 is 4.18 Å². The number of halogens is 3. The van der Waals surface area contributed by atoms with Gasteiger partial charge in [0.05, 0.1) is 0 Å². The van der Waals surface area contributed by atoms with E-state index in [1.807, 2.05) is 0 Å². The molecule has 0 aliphatic carbocycles. The molecule has 1 atom stereocenters. The quantitative estimate of drug-likeness (QED) is 0.607. The summed E-state index contributed by atoms with van der Waals surface area (Å²) in [5, 5.41) is 0. The molecule has 2 rings (SSSR count). The Hall–Kier alpha value is -1.35. The largest absolute Gasteiger partial charge is 0.534 e. The Kier molecular flexibility index (Phi) is 5.15. The number of hydrogen-bond donors (Lipinski definition) is 0. The SMILES string of the molecule is CC(C)(C)N1CCCC(c2ccc(OS(=O)(=O)C(F)(F)F)nc2)C1. The Morgan fingerprint density at radius 2 is 1.92 bits per heavy atom. The smallest absolute Gasteiger partial charge is 0.355 e. The van der Waals surface area contributed by atoms with Crippen molar-refractivity contribution in [3.63, 3.8) is 0 Å². The highest BCUT2D eigenvalue weighted by Gasteiger charge is 2.48. The summed E-state index contributed by atoms with van der Waals surface area (Å²) in [6.07, 6.45) is 3.36. The van der Waals surface area contributed by atoms with E-state index in [1.165, 1.54) is 6.20 Å². The van der Waals surface area contributed by atoms with Crippen LogP contribution in [0.2, 0.25) is 0 Å². The minimum atomic E-state index is -5.69. The third-order valence-corrected chi connectivity index (χ3v) is 5.04. The second-order valence-electron chi connectivity index (χ2n) is 6.87. The highest BCUT2D eigenvalue weighted by molar-refractivity contribution is 7.87. The monoisotopic (exact) mass is 366 g/mol. The average molecular weight is 366 g/mol. The van der Waals surface area contributed by atoms with Gasteiger partial charge in [0.1, 0.15) is 0 Å². The van der Waals surface area contributed by atoms with Gasteiger partial charge < -0.3 is 4.18 Å². The lowest BCUT2D eigenvalue weighted by Gasteiger charge is -2.41. The molecule has 0 spiro atoms. The predicted octanol–water partition coefficient (Wildman–Crippen LogP) is 3.29. The second-order valence-corrected chi connectivity index (χ2v) is 8.41. The van der Waals surface area contributed by atoms with E-state index >= 15 is 0 Å². The molecular formula is C15H21F3N2O3S. The van der Waals surface area contributed by atoms with Crippen LogP contribution in [-0.2, 0) is 10.1 Å². The van der Waals surface area contributed by atoms with Crippen LogP contribution in [0.25, 0.3) is 0 Å². The fourth-order valence-electron chi connectivity index (χ4n) is 2.70. The summed E-state index contributed by atoms with van der Waals surface area (Å²) in [6, 6.07) is 2.74. The Labute approximate surface area is 139 Å². The number of piperidine rings is 1. The van der Waals surface area contributed by atoms with Gasteiger partial charge in [-0.1, -0.05) is 6.07 Å². The van der Waals surface area contributed by atoms with Crippen molar-refractivity contribution in [1.29, 1.82) is 0 Å². The van der Waals surface area contributed by atoms with Crippen LogP contribution in [0.1, 0.15) is 45.1 Å². The number of hydrogen-bond acceptors (Lipinski definition) is 5. The molecule has 2 heterocycles. The van der Waals surface area contributed by atoms with Crippen LogP contribution in [0.3, 0.4) is 0 Å². The maximum atomic E-state index is 12.3. The summed E-state index contributed by atoms with van der Waals surface area (Å²) in [4.78, 5) is 6.07. The molecule has 5 nitrogen and oxygen atoms in total. The van der Waals surface area contributed by atoms with Gasteiger partial charge in [0.15, 0.2) is 0 Å². The first kappa shape index (κ1) is 19.0. The van der Waals surface area contributed by atoms with Crippen LogP contribution in [0.4, 0.5) is 13.2 Å². The molecule has 24 heavy (non-hydrogen) atoms. The molecule has 1 fully saturated rings. The van der Waals surface area contributed by atoms with E-state index in [4.69, 9.17) is 0 Å². The first-order chi connectivity index (χ1) is 10.9. The van der Waals surface area contributed by atoms with Gasteiger partial charge in [-0.05, 0) is 51.6 Å². The van der Waals surface area contributed by atoms with Crippen molar-refractivity contribution >= 4 is 10.1 Å². The number of pyridine rings is 1. The summed E-state index contributed by atoms with van der Waals surface area (Å²) in [7, 11) is -5.69. The number of nitrogens with zero attached hydrogens (tertiary/aromatic N) is 2. The van der Waals surface area contributed by atoms with Gasteiger partial charge in [-0.15, -0.1) is 0 Å². The van der Waals surface area contributed by atoms with E-state index in [0.717, 1.165) is 37.6 Å². The van der Waals surface area contributed by atoms with Crippen molar-refractivity contribution in [1.82, 2.24) is 9.88 Å². The summed E-state index contributed by atoms with van der Waals surface area (Å²) in [5.74, 6) is -0.377. The van der Waals surface area contributed by atoms with Crippen molar-refractivity contribution in [2.45, 2.75) is 50.6 Å². The third kappa shape index (κ3) is 4.38. The Bertz CT molecular complexity index is 667. The van der Waals surface area contributed by atoms with Gasteiger partial charge >= 0.3 is 15.6 Å². The second kappa shape index (κ2) is 6.51. The van der Waals surface area contributed by atoms with Crippen molar-refractivity contribution in [2.75, 3.05) is 13.1 Å². The van der Waals surface area contributed by atoms with E-state index in [2.05, 4.69) is 34.8 Å². The Morgan fingerprint density at radius 1 is 1.25 bits per heavy atom. The van der Waals surface area contributed by atoms with Gasteiger partial charge in [0.2, 0.25) is 5.88 Å². The van der Waals surface area contributed by atoms with Gasteiger partial charge in [-0.3, -0.25) is 4.90 Å². The number of rotatable bonds is 3. The summed E-state index contributed by atoms with van der Waals surface area (Å²) >= 11 is 0. The van der Waals surface area contributed by atoms with Gasteiger partial charge in [-0.2, -0.15) is 21.6 Å². The number of alkyl halides is 3. The topological polar surface area (TPSA) is 59.5 Å². The lowest BCUT2D eigenvalue weighted by molar-refractivity contribution is -0.0501. The van der Waals surface area contributed by atoms with E-state index in [9.17, 15) is 21.6 Å². The molecule has 136 valence electrons. The van der Waals surface area contributed by atoms with Crippen molar-refractivity contribution < 1.29 is 25.8 Å². The van der Waals surface area contributed by atoms with Crippen molar-refractivity contribution in [3.8, 4) is 5.88 Å². The minimum Gasteiger partial charge on any atom is -0.355 e. The molecule has 1 aromatic rings. The zero-order valence-electron chi connectivity index (χ0n) is 13.8. The molecule has 1 aliphatic heterocycles. The zero-order valence-corrected chi connectivity index (χ0v) is 14.6. The lowest BCUT2D eigenvalue weighted by atomic mass is 9.89. The molecule has 0 amide bonds. The fourth-order valence-corrected chi connectivity index (χ4v) is 3.12. The molecule has 0 saturated carbocycles. The summed E-state index contributed by atoms with van der Waals surface area (Å²) in [6.45, 7) is 8.22. The standard InChI is InChI=1S/C15H21F3N2O3S/c1-14(2,3)20-8-4-5-12(10-20)11-6-7-13(19-9-11)23-24(21,22)15(16,17)18/h6-7,9,12H,4-5,8,10H2,1-3H3. The van der Waals surface area contributed by atoms with Crippen LogP contribution in [-0.4, -0.2) is 42.4 Å². The van der Waals surface area contributed by atoms with Gasteiger partial charge in [0, 0.05) is 24.3 Å². The van der Waals surface area contributed by atoms with E-state index < -0.39 is 21.5 Å². The molecule has 0 N–H and O–H groups in total. The van der Waals surface area contributed by atoms with Crippen LogP contribution in [0.15, 0.2) is 18.3 Å². The maximum absolute atomic E-state index is 12.3. The van der Waals surface area contributed by atoms with E-state index in [1.54, 1.807) is 6.07 Å². The van der Waals surface area contributed by atoms with Gasteiger partial charge in [0.25, 0.3) is 0 Å². The van der Waals surface area contributed by atoms with Crippen LogP contribution >= 0.6 is 0 Å². The van der Waals surface area contributed by atoms with E-state index in [0.29, 0.717) is 0 Å². The normalized spacial score (nSPS) is 20.8. The predicted molar refractivity (Wildman–Crippen MR) is 83.1 cm³/mol.